The maximum Gasteiger partial charge on any atom is 0.0145 e. The molecule has 2 unspecified atom stereocenters. The summed E-state index contributed by atoms with van der Waals surface area (Å²) in [7, 11) is 0. The molecule has 0 radical (unpaired) electrons. The number of fused-ring (bicyclic) bond motifs is 1. The highest BCUT2D eigenvalue weighted by molar-refractivity contribution is 4.96. The summed E-state index contributed by atoms with van der Waals surface area (Å²) in [5.41, 5.74) is 0. The molecule has 13 heavy (non-hydrogen) atoms. The van der Waals surface area contributed by atoms with Gasteiger partial charge in [-0.1, -0.05) is 13.3 Å². The van der Waals surface area contributed by atoms with Crippen molar-refractivity contribution < 1.29 is 0 Å². The first-order chi connectivity index (χ1) is 6.38. The fourth-order valence-corrected chi connectivity index (χ4v) is 2.49. The quantitative estimate of drug-likeness (QED) is 0.610. The first kappa shape index (κ1) is 9.47. The van der Waals surface area contributed by atoms with E-state index in [9.17, 15) is 0 Å². The SMILES string of the molecule is C1CCNCC1.CC1CN2CCC12. The lowest BCUT2D eigenvalue weighted by Gasteiger charge is -2.55. The first-order valence-electron chi connectivity index (χ1n) is 5.82. The largest absolute Gasteiger partial charge is 0.317 e. The highest BCUT2D eigenvalue weighted by atomic mass is 15.3. The molecule has 3 fully saturated rings. The molecule has 0 saturated carbocycles. The smallest absolute Gasteiger partial charge is 0.0145 e. The van der Waals surface area contributed by atoms with Crippen molar-refractivity contribution in [2.75, 3.05) is 26.2 Å². The molecular formula is C11H22N2. The normalized spacial score (nSPS) is 37.6. The minimum Gasteiger partial charge on any atom is -0.317 e. The van der Waals surface area contributed by atoms with Crippen LogP contribution in [0.4, 0.5) is 0 Å². The summed E-state index contributed by atoms with van der Waals surface area (Å²) in [5.74, 6) is 1.02. The molecule has 0 aliphatic carbocycles. The molecule has 3 saturated heterocycles. The Morgan fingerprint density at radius 2 is 1.92 bits per heavy atom. The van der Waals surface area contributed by atoms with Crippen LogP contribution in [0, 0.1) is 5.92 Å². The summed E-state index contributed by atoms with van der Waals surface area (Å²) in [4.78, 5) is 2.55. The topological polar surface area (TPSA) is 15.3 Å². The van der Waals surface area contributed by atoms with E-state index in [1.54, 1.807) is 0 Å². The number of nitrogens with zero attached hydrogens (tertiary/aromatic N) is 1. The van der Waals surface area contributed by atoms with Crippen molar-refractivity contribution in [1.29, 1.82) is 0 Å². The Bertz CT molecular complexity index is 139. The fraction of sp³-hybridized carbons (Fsp3) is 1.00. The molecule has 2 nitrogen and oxygen atoms in total. The molecule has 0 bridgehead atoms. The van der Waals surface area contributed by atoms with Gasteiger partial charge in [0.2, 0.25) is 0 Å². The summed E-state index contributed by atoms with van der Waals surface area (Å²) in [5, 5.41) is 3.28. The van der Waals surface area contributed by atoms with Gasteiger partial charge in [0.1, 0.15) is 0 Å². The van der Waals surface area contributed by atoms with Crippen LogP contribution in [-0.4, -0.2) is 37.1 Å². The van der Waals surface area contributed by atoms with Gasteiger partial charge < -0.3 is 5.32 Å². The van der Waals surface area contributed by atoms with E-state index < -0.39 is 0 Å². The van der Waals surface area contributed by atoms with Crippen molar-refractivity contribution in [3.05, 3.63) is 0 Å². The van der Waals surface area contributed by atoms with Crippen LogP contribution in [0.15, 0.2) is 0 Å². The van der Waals surface area contributed by atoms with E-state index in [0.717, 1.165) is 12.0 Å². The molecule has 0 aromatic rings. The van der Waals surface area contributed by atoms with E-state index >= 15 is 0 Å². The highest BCUT2D eigenvalue weighted by Gasteiger charge is 2.41. The summed E-state index contributed by atoms with van der Waals surface area (Å²) in [6, 6.07) is 1.01. The minimum atomic E-state index is 1.01. The first-order valence-corrected chi connectivity index (χ1v) is 5.82. The van der Waals surface area contributed by atoms with Gasteiger partial charge in [0.05, 0.1) is 0 Å². The molecular weight excluding hydrogens is 160 g/mol. The van der Waals surface area contributed by atoms with Crippen molar-refractivity contribution in [2.24, 2.45) is 5.92 Å². The van der Waals surface area contributed by atoms with Crippen molar-refractivity contribution >= 4 is 0 Å². The van der Waals surface area contributed by atoms with Crippen LogP contribution in [-0.2, 0) is 0 Å². The van der Waals surface area contributed by atoms with Gasteiger partial charge in [-0.15, -0.1) is 0 Å². The van der Waals surface area contributed by atoms with Gasteiger partial charge in [-0.05, 0) is 44.8 Å². The average molecular weight is 182 g/mol. The summed E-state index contributed by atoms with van der Waals surface area (Å²) in [6.07, 6.45) is 5.69. The van der Waals surface area contributed by atoms with E-state index in [1.807, 2.05) is 0 Å². The Kier molecular flexibility index (Phi) is 3.23. The zero-order valence-corrected chi connectivity index (χ0v) is 8.76. The molecule has 0 spiro atoms. The zero-order valence-electron chi connectivity index (χ0n) is 8.76. The molecule has 3 aliphatic rings. The van der Waals surface area contributed by atoms with Gasteiger partial charge in [0, 0.05) is 12.6 Å². The van der Waals surface area contributed by atoms with E-state index in [2.05, 4.69) is 17.1 Å². The van der Waals surface area contributed by atoms with E-state index in [-0.39, 0.29) is 0 Å². The predicted molar refractivity (Wildman–Crippen MR) is 55.9 cm³/mol. The van der Waals surface area contributed by atoms with Crippen LogP contribution >= 0.6 is 0 Å². The fourth-order valence-electron chi connectivity index (χ4n) is 2.49. The van der Waals surface area contributed by atoms with E-state index in [1.165, 1.54) is 51.9 Å². The molecule has 0 aromatic carbocycles. The van der Waals surface area contributed by atoms with Crippen LogP contribution in [0.5, 0.6) is 0 Å². The molecule has 2 atom stereocenters. The summed E-state index contributed by atoms with van der Waals surface area (Å²) in [6.45, 7) is 7.61. The summed E-state index contributed by atoms with van der Waals surface area (Å²) >= 11 is 0. The maximum absolute atomic E-state index is 3.28. The second-order valence-corrected chi connectivity index (χ2v) is 4.64. The predicted octanol–water partition coefficient (Wildman–Crippen LogP) is 1.47. The third-order valence-corrected chi connectivity index (χ3v) is 3.57. The standard InChI is InChI=1S/C6H11N.C5H11N/c1-5-4-7-3-2-6(5)7;1-2-4-6-5-3-1/h5-6H,2-4H2,1H3;6H,1-5H2. The van der Waals surface area contributed by atoms with Crippen LogP contribution in [0.1, 0.15) is 32.6 Å². The van der Waals surface area contributed by atoms with Gasteiger partial charge in [-0.3, -0.25) is 4.90 Å². The molecule has 76 valence electrons. The number of rotatable bonds is 0. The lowest BCUT2D eigenvalue weighted by atomic mass is 9.81. The second-order valence-electron chi connectivity index (χ2n) is 4.64. The van der Waals surface area contributed by atoms with Crippen LogP contribution in [0.2, 0.25) is 0 Å². The number of hydrogen-bond acceptors (Lipinski definition) is 2. The number of piperidine rings is 2. The Balaban J connectivity index is 0.000000102. The van der Waals surface area contributed by atoms with Crippen molar-refractivity contribution in [3.8, 4) is 0 Å². The lowest BCUT2D eigenvalue weighted by molar-refractivity contribution is -0.0572. The van der Waals surface area contributed by atoms with Gasteiger partial charge >= 0.3 is 0 Å². The molecule has 3 aliphatic heterocycles. The molecule has 0 amide bonds. The Morgan fingerprint density at radius 3 is 2.00 bits per heavy atom. The average Bonchev–Trinajstić information content (AvgIpc) is 2.17. The van der Waals surface area contributed by atoms with Gasteiger partial charge in [-0.2, -0.15) is 0 Å². The monoisotopic (exact) mass is 182 g/mol. The Hall–Kier alpha value is -0.0800. The minimum absolute atomic E-state index is 1.01. The van der Waals surface area contributed by atoms with Crippen molar-refractivity contribution in [1.82, 2.24) is 10.2 Å². The lowest BCUT2D eigenvalue weighted by Crippen LogP contribution is -2.63. The van der Waals surface area contributed by atoms with Gasteiger partial charge in [0.25, 0.3) is 0 Å². The van der Waals surface area contributed by atoms with E-state index in [0.29, 0.717) is 0 Å². The molecule has 3 rings (SSSR count). The zero-order chi connectivity index (χ0) is 9.10. The third-order valence-electron chi connectivity index (χ3n) is 3.57. The Labute approximate surface area is 81.7 Å². The van der Waals surface area contributed by atoms with Gasteiger partial charge in [-0.25, -0.2) is 0 Å². The maximum atomic E-state index is 3.28. The molecule has 3 heterocycles. The Morgan fingerprint density at radius 1 is 1.15 bits per heavy atom. The number of hydrogen-bond donors (Lipinski definition) is 1. The van der Waals surface area contributed by atoms with E-state index in [4.69, 9.17) is 0 Å². The third kappa shape index (κ3) is 2.23. The molecule has 0 aromatic heterocycles. The van der Waals surface area contributed by atoms with Gasteiger partial charge in [0.15, 0.2) is 0 Å². The molecule has 2 heteroatoms. The second kappa shape index (κ2) is 4.43. The van der Waals surface area contributed by atoms with Crippen molar-refractivity contribution in [2.45, 2.75) is 38.6 Å². The van der Waals surface area contributed by atoms with Crippen molar-refractivity contribution in [3.63, 3.8) is 0 Å². The molecule has 1 N–H and O–H groups in total. The van der Waals surface area contributed by atoms with Crippen LogP contribution in [0.3, 0.4) is 0 Å². The van der Waals surface area contributed by atoms with Crippen LogP contribution < -0.4 is 5.32 Å². The summed E-state index contributed by atoms with van der Waals surface area (Å²) < 4.78 is 0. The highest BCUT2D eigenvalue weighted by Crippen LogP contribution is 2.34. The van der Waals surface area contributed by atoms with Crippen LogP contribution in [0.25, 0.3) is 0 Å². The number of nitrogens with one attached hydrogen (secondary N) is 1.